The van der Waals surface area contributed by atoms with Crippen molar-refractivity contribution in [1.82, 2.24) is 10.7 Å². The number of amides is 1. The van der Waals surface area contributed by atoms with Gasteiger partial charge in [0.15, 0.2) is 5.38 Å². The number of nitrogens with one attached hydrogen (secondary N) is 1. The average Bonchev–Trinajstić information content (AvgIpc) is 2.17. The molecule has 1 atom stereocenters. The van der Waals surface area contributed by atoms with E-state index in [1.54, 1.807) is 6.92 Å². The highest BCUT2D eigenvalue weighted by molar-refractivity contribution is 6.43. The van der Waals surface area contributed by atoms with Crippen molar-refractivity contribution in [3.8, 4) is 0 Å². The molecule has 3 N–H and O–H groups in total. The summed E-state index contributed by atoms with van der Waals surface area (Å²) in [6, 6.07) is 0. The molecule has 0 radical (unpaired) electrons. The number of hydrazone groups is 1. The van der Waals surface area contributed by atoms with E-state index in [0.717, 1.165) is 5.12 Å². The lowest BCUT2D eigenvalue weighted by molar-refractivity contribution is -0.131. The van der Waals surface area contributed by atoms with Gasteiger partial charge in [-0.05, 0) is 6.92 Å². The monoisotopic (exact) mass is 162 g/mol. The molecule has 1 rings (SSSR count). The molecule has 0 aromatic carbocycles. The van der Waals surface area contributed by atoms with Gasteiger partial charge in [-0.25, -0.2) is 0 Å². The predicted molar refractivity (Wildman–Crippen MR) is 36.9 cm³/mol. The summed E-state index contributed by atoms with van der Waals surface area (Å²) in [6.45, 7) is 1.66. The molecule has 0 aliphatic carbocycles. The van der Waals surface area contributed by atoms with Gasteiger partial charge in [0, 0.05) is 0 Å². The summed E-state index contributed by atoms with van der Waals surface area (Å²) >= 11 is 5.57. The molecule has 5 nitrogen and oxygen atoms in total. The Morgan fingerprint density at radius 3 is 2.70 bits per heavy atom. The number of hydrogen-bond acceptors (Lipinski definition) is 4. The number of alkyl halides is 1. The Hall–Kier alpha value is -0.650. The third kappa shape index (κ3) is 0.985. The second-order valence-electron chi connectivity index (χ2n) is 1.88. The quantitative estimate of drug-likeness (QED) is 0.301. The zero-order valence-corrected chi connectivity index (χ0v) is 6.09. The van der Waals surface area contributed by atoms with Gasteiger partial charge in [0.1, 0.15) is 0 Å². The maximum absolute atomic E-state index is 10.9. The number of hydrazine groups is 2. The van der Waals surface area contributed by atoms with Crippen molar-refractivity contribution in [1.29, 1.82) is 0 Å². The lowest BCUT2D eigenvalue weighted by atomic mass is 10.3. The van der Waals surface area contributed by atoms with Gasteiger partial charge in [0.05, 0.1) is 5.71 Å². The van der Waals surface area contributed by atoms with Gasteiger partial charge in [-0.15, -0.1) is 22.3 Å². The average molecular weight is 163 g/mol. The van der Waals surface area contributed by atoms with Gasteiger partial charge in [-0.1, -0.05) is 0 Å². The van der Waals surface area contributed by atoms with Crippen LogP contribution < -0.4 is 11.4 Å². The van der Waals surface area contributed by atoms with Gasteiger partial charge in [0.2, 0.25) is 0 Å². The Kier molecular flexibility index (Phi) is 1.89. The van der Waals surface area contributed by atoms with E-state index in [1.165, 1.54) is 0 Å². The van der Waals surface area contributed by atoms with Gasteiger partial charge < -0.3 is 0 Å². The minimum absolute atomic E-state index is 0.346. The maximum atomic E-state index is 10.9. The molecular weight excluding hydrogens is 156 g/mol. The van der Waals surface area contributed by atoms with Crippen LogP contribution in [0.3, 0.4) is 0 Å². The summed E-state index contributed by atoms with van der Waals surface area (Å²) in [5.41, 5.74) is 2.63. The highest BCUT2D eigenvalue weighted by atomic mass is 35.5. The number of nitrogens with two attached hydrogens (primary N) is 1. The molecule has 56 valence electrons. The van der Waals surface area contributed by atoms with Crippen LogP contribution in [-0.4, -0.2) is 22.1 Å². The van der Waals surface area contributed by atoms with Crippen LogP contribution in [0.1, 0.15) is 6.92 Å². The molecule has 0 saturated heterocycles. The molecule has 1 heterocycles. The molecule has 1 aliphatic heterocycles. The van der Waals surface area contributed by atoms with Crippen molar-refractivity contribution in [3.05, 3.63) is 0 Å². The topological polar surface area (TPSA) is 70.7 Å². The van der Waals surface area contributed by atoms with Crippen LogP contribution in [0, 0.1) is 0 Å². The second kappa shape index (κ2) is 2.53. The van der Waals surface area contributed by atoms with Crippen molar-refractivity contribution in [2.75, 3.05) is 0 Å². The zero-order valence-electron chi connectivity index (χ0n) is 5.34. The zero-order chi connectivity index (χ0) is 7.72. The lowest BCUT2D eigenvalue weighted by Gasteiger charge is -2.07. The first-order valence-electron chi connectivity index (χ1n) is 2.66. The van der Waals surface area contributed by atoms with Crippen molar-refractivity contribution >= 4 is 23.2 Å². The van der Waals surface area contributed by atoms with Crippen molar-refractivity contribution in [2.45, 2.75) is 12.3 Å². The second-order valence-corrected chi connectivity index (χ2v) is 2.32. The van der Waals surface area contributed by atoms with Crippen LogP contribution in [0.4, 0.5) is 0 Å². The van der Waals surface area contributed by atoms with Crippen LogP contribution in [0.2, 0.25) is 0 Å². The smallest absolute Gasteiger partial charge is 0.269 e. The van der Waals surface area contributed by atoms with E-state index >= 15 is 0 Å². The lowest BCUT2D eigenvalue weighted by Crippen LogP contribution is -2.42. The van der Waals surface area contributed by atoms with Crippen molar-refractivity contribution in [3.63, 3.8) is 0 Å². The van der Waals surface area contributed by atoms with Crippen LogP contribution in [0.5, 0.6) is 0 Å². The normalized spacial score (nSPS) is 25.5. The molecule has 0 fully saturated rings. The molecule has 0 aromatic rings. The largest absolute Gasteiger partial charge is 0.282 e. The maximum Gasteiger partial charge on any atom is 0.282 e. The summed E-state index contributed by atoms with van der Waals surface area (Å²) in [7, 11) is 0. The molecule has 6 heteroatoms. The molecule has 1 unspecified atom stereocenters. The fourth-order valence-electron chi connectivity index (χ4n) is 0.636. The molecule has 1 aliphatic rings. The van der Waals surface area contributed by atoms with Crippen LogP contribution >= 0.6 is 11.6 Å². The first-order chi connectivity index (χ1) is 4.66. The van der Waals surface area contributed by atoms with Gasteiger partial charge in [-0.2, -0.15) is 5.10 Å². The number of halogens is 1. The Balaban J connectivity index is 2.76. The summed E-state index contributed by atoms with van der Waals surface area (Å²) in [5, 5.41) is 3.94. The summed E-state index contributed by atoms with van der Waals surface area (Å²) in [5.74, 6) is 4.59. The van der Waals surface area contributed by atoms with Crippen LogP contribution in [0.25, 0.3) is 0 Å². The number of carbonyl (C=O) groups excluding carboxylic acids is 1. The molecule has 0 spiro atoms. The number of rotatable bonds is 1. The van der Waals surface area contributed by atoms with Crippen molar-refractivity contribution < 1.29 is 4.79 Å². The number of nitrogens with zero attached hydrogens (tertiary/aromatic N) is 2. The molecule has 1 amide bonds. The third-order valence-electron chi connectivity index (χ3n) is 1.17. The summed E-state index contributed by atoms with van der Waals surface area (Å²) < 4.78 is 0. The molecular formula is C4H7ClN4O. The molecule has 0 aromatic heterocycles. The molecule has 0 saturated carbocycles. The van der Waals surface area contributed by atoms with E-state index in [2.05, 4.69) is 10.6 Å². The third-order valence-corrected chi connectivity index (χ3v) is 1.67. The standard InChI is InChI=1S/C4H7ClN4O/c1-2-3(5)4(10)9(7-2)8-6/h3,8H,6H2,1H3. The Morgan fingerprint density at radius 1 is 1.90 bits per heavy atom. The molecule has 0 bridgehead atoms. The first kappa shape index (κ1) is 7.46. The fraction of sp³-hybridized carbons (Fsp3) is 0.500. The van der Waals surface area contributed by atoms with Gasteiger partial charge in [-0.3, -0.25) is 10.6 Å². The van der Waals surface area contributed by atoms with E-state index in [1.807, 2.05) is 0 Å². The number of hydrogen-bond donors (Lipinski definition) is 2. The minimum Gasteiger partial charge on any atom is -0.269 e. The van der Waals surface area contributed by atoms with Gasteiger partial charge >= 0.3 is 0 Å². The van der Waals surface area contributed by atoms with E-state index in [-0.39, 0.29) is 5.91 Å². The summed E-state index contributed by atoms with van der Waals surface area (Å²) in [4.78, 5) is 10.9. The molecule has 10 heavy (non-hydrogen) atoms. The van der Waals surface area contributed by atoms with Crippen LogP contribution in [-0.2, 0) is 4.79 Å². The Morgan fingerprint density at radius 2 is 2.50 bits per heavy atom. The van der Waals surface area contributed by atoms with E-state index < -0.39 is 5.38 Å². The van der Waals surface area contributed by atoms with E-state index in [0.29, 0.717) is 5.71 Å². The highest BCUT2D eigenvalue weighted by Crippen LogP contribution is 2.10. The number of carbonyl (C=O) groups is 1. The summed E-state index contributed by atoms with van der Waals surface area (Å²) in [6.07, 6.45) is 0. The predicted octanol–water partition coefficient (Wildman–Crippen LogP) is -0.810. The van der Waals surface area contributed by atoms with Crippen LogP contribution in [0.15, 0.2) is 5.10 Å². The van der Waals surface area contributed by atoms with E-state index in [4.69, 9.17) is 17.4 Å². The first-order valence-corrected chi connectivity index (χ1v) is 3.10. The Labute approximate surface area is 62.7 Å². The highest BCUT2D eigenvalue weighted by Gasteiger charge is 2.30. The van der Waals surface area contributed by atoms with Gasteiger partial charge in [0.25, 0.3) is 5.91 Å². The van der Waals surface area contributed by atoms with E-state index in [9.17, 15) is 4.79 Å². The fourth-order valence-corrected chi connectivity index (χ4v) is 0.772. The Bertz CT molecular complexity index is 192. The SMILES string of the molecule is CC1=NN(NN)C(=O)C1Cl. The van der Waals surface area contributed by atoms with Crippen molar-refractivity contribution in [2.24, 2.45) is 10.9 Å². The minimum atomic E-state index is -0.670.